The van der Waals surface area contributed by atoms with Crippen LogP contribution in [-0.2, 0) is 4.79 Å². The molecule has 7 nitrogen and oxygen atoms in total. The summed E-state index contributed by atoms with van der Waals surface area (Å²) >= 11 is 3.29. The van der Waals surface area contributed by atoms with Gasteiger partial charge in [-0.3, -0.25) is 9.59 Å². The molecule has 0 radical (unpaired) electrons. The van der Waals surface area contributed by atoms with E-state index in [-0.39, 0.29) is 24.0 Å². The lowest BCUT2D eigenvalue weighted by atomic mass is 10.2. The summed E-state index contributed by atoms with van der Waals surface area (Å²) in [6, 6.07) is 11.8. The number of imidazole rings is 1. The summed E-state index contributed by atoms with van der Waals surface area (Å²) in [4.78, 5) is 40.3. The van der Waals surface area contributed by atoms with Crippen LogP contribution >= 0.6 is 15.9 Å². The van der Waals surface area contributed by atoms with Gasteiger partial charge in [-0.05, 0) is 42.5 Å². The first-order chi connectivity index (χ1) is 11.5. The molecule has 8 heteroatoms. The zero-order valence-electron chi connectivity index (χ0n) is 12.4. The lowest BCUT2D eigenvalue weighted by Crippen LogP contribution is -2.32. The van der Waals surface area contributed by atoms with E-state index in [4.69, 9.17) is 0 Å². The number of benzene rings is 2. The predicted molar refractivity (Wildman–Crippen MR) is 94.0 cm³/mol. The van der Waals surface area contributed by atoms with Gasteiger partial charge in [0.25, 0.3) is 5.91 Å². The zero-order valence-corrected chi connectivity index (χ0v) is 13.9. The molecule has 0 aliphatic heterocycles. The third-order valence-electron chi connectivity index (χ3n) is 3.32. The number of aromatic amines is 2. The van der Waals surface area contributed by atoms with Crippen molar-refractivity contribution in [2.24, 2.45) is 0 Å². The van der Waals surface area contributed by atoms with Crippen LogP contribution in [0.1, 0.15) is 10.4 Å². The summed E-state index contributed by atoms with van der Waals surface area (Å²) in [7, 11) is 0. The van der Waals surface area contributed by atoms with Gasteiger partial charge in [-0.1, -0.05) is 15.9 Å². The number of amides is 2. The molecule has 1 heterocycles. The summed E-state index contributed by atoms with van der Waals surface area (Å²) in [5, 5.41) is 5.21. The summed E-state index contributed by atoms with van der Waals surface area (Å²) in [6.45, 7) is -0.156. The second kappa shape index (κ2) is 6.71. The second-order valence-corrected chi connectivity index (χ2v) is 5.99. The van der Waals surface area contributed by atoms with E-state index < -0.39 is 0 Å². The van der Waals surface area contributed by atoms with Crippen molar-refractivity contribution >= 4 is 44.5 Å². The molecule has 0 aliphatic carbocycles. The van der Waals surface area contributed by atoms with Crippen LogP contribution in [0.3, 0.4) is 0 Å². The summed E-state index contributed by atoms with van der Waals surface area (Å²) in [6.07, 6.45) is 0. The number of fused-ring (bicyclic) bond motifs is 1. The number of nitrogens with one attached hydrogen (secondary N) is 4. The fourth-order valence-corrected chi connectivity index (χ4v) is 2.44. The van der Waals surface area contributed by atoms with Crippen molar-refractivity contribution in [2.75, 3.05) is 11.9 Å². The van der Waals surface area contributed by atoms with E-state index in [0.717, 1.165) is 4.47 Å². The molecule has 0 atom stereocenters. The molecular formula is C16H13BrN4O3. The first-order valence-corrected chi connectivity index (χ1v) is 7.86. The molecule has 0 spiro atoms. The summed E-state index contributed by atoms with van der Waals surface area (Å²) in [5.74, 6) is -0.694. The van der Waals surface area contributed by atoms with E-state index in [9.17, 15) is 14.4 Å². The minimum Gasteiger partial charge on any atom is -0.343 e. The highest BCUT2D eigenvalue weighted by atomic mass is 79.9. The second-order valence-electron chi connectivity index (χ2n) is 5.08. The highest BCUT2D eigenvalue weighted by Crippen LogP contribution is 2.14. The van der Waals surface area contributed by atoms with Gasteiger partial charge in [-0.25, -0.2) is 4.79 Å². The summed E-state index contributed by atoms with van der Waals surface area (Å²) in [5.41, 5.74) is 1.94. The maximum absolute atomic E-state index is 11.9. The number of carbonyl (C=O) groups is 2. The molecule has 4 N–H and O–H groups in total. The van der Waals surface area contributed by atoms with Crippen LogP contribution in [0.15, 0.2) is 51.7 Å². The van der Waals surface area contributed by atoms with E-state index >= 15 is 0 Å². The Balaban J connectivity index is 1.59. The number of hydrogen-bond donors (Lipinski definition) is 4. The average molecular weight is 389 g/mol. The Kier molecular flexibility index (Phi) is 4.48. The van der Waals surface area contributed by atoms with Gasteiger partial charge in [-0.2, -0.15) is 0 Å². The van der Waals surface area contributed by atoms with E-state index in [1.54, 1.807) is 42.5 Å². The van der Waals surface area contributed by atoms with Gasteiger partial charge < -0.3 is 20.6 Å². The molecule has 3 aromatic rings. The SMILES string of the molecule is O=C(CNC(=O)c1ccc(Br)cc1)Nc1ccc2[nH]c(=O)[nH]c2c1. The van der Waals surface area contributed by atoms with E-state index in [1.165, 1.54) is 0 Å². The number of H-pyrrole nitrogens is 2. The third-order valence-corrected chi connectivity index (χ3v) is 3.84. The van der Waals surface area contributed by atoms with Crippen LogP contribution < -0.4 is 16.3 Å². The van der Waals surface area contributed by atoms with E-state index in [2.05, 4.69) is 36.5 Å². The Morgan fingerprint density at radius 3 is 2.46 bits per heavy atom. The van der Waals surface area contributed by atoms with Crippen LogP contribution in [0.5, 0.6) is 0 Å². The number of aromatic nitrogens is 2. The highest BCUT2D eigenvalue weighted by Gasteiger charge is 2.09. The maximum Gasteiger partial charge on any atom is 0.323 e. The quantitative estimate of drug-likeness (QED) is 0.548. The van der Waals surface area contributed by atoms with Crippen molar-refractivity contribution in [3.8, 4) is 0 Å². The fourth-order valence-electron chi connectivity index (χ4n) is 2.18. The average Bonchev–Trinajstić information content (AvgIpc) is 2.92. The van der Waals surface area contributed by atoms with Crippen LogP contribution in [0.25, 0.3) is 11.0 Å². The van der Waals surface area contributed by atoms with Crippen molar-refractivity contribution in [3.05, 3.63) is 63.0 Å². The largest absolute Gasteiger partial charge is 0.343 e. The molecular weight excluding hydrogens is 376 g/mol. The van der Waals surface area contributed by atoms with Crippen LogP contribution in [0.4, 0.5) is 5.69 Å². The normalized spacial score (nSPS) is 10.5. The molecule has 0 unspecified atom stereocenters. The number of carbonyl (C=O) groups excluding carboxylic acids is 2. The van der Waals surface area contributed by atoms with Crippen molar-refractivity contribution in [3.63, 3.8) is 0 Å². The van der Waals surface area contributed by atoms with E-state index in [0.29, 0.717) is 22.3 Å². The number of hydrogen-bond acceptors (Lipinski definition) is 3. The molecule has 0 bridgehead atoms. The maximum atomic E-state index is 11.9. The molecule has 2 amide bonds. The minimum absolute atomic E-state index is 0.156. The van der Waals surface area contributed by atoms with Gasteiger partial charge in [0, 0.05) is 15.7 Å². The van der Waals surface area contributed by atoms with Crippen LogP contribution in [0.2, 0.25) is 0 Å². The van der Waals surface area contributed by atoms with Crippen LogP contribution in [0, 0.1) is 0 Å². The number of anilines is 1. The summed E-state index contributed by atoms with van der Waals surface area (Å²) < 4.78 is 0.870. The third kappa shape index (κ3) is 3.72. The van der Waals surface area contributed by atoms with Gasteiger partial charge in [0.15, 0.2) is 0 Å². The minimum atomic E-state index is -0.363. The molecule has 0 saturated heterocycles. The number of rotatable bonds is 4. The van der Waals surface area contributed by atoms with Gasteiger partial charge in [0.2, 0.25) is 5.91 Å². The Morgan fingerprint density at radius 1 is 1.00 bits per heavy atom. The highest BCUT2D eigenvalue weighted by molar-refractivity contribution is 9.10. The van der Waals surface area contributed by atoms with Crippen LogP contribution in [-0.4, -0.2) is 28.3 Å². The molecule has 0 saturated carbocycles. The molecule has 1 aromatic heterocycles. The molecule has 24 heavy (non-hydrogen) atoms. The molecule has 0 fully saturated rings. The smallest absolute Gasteiger partial charge is 0.323 e. The van der Waals surface area contributed by atoms with Gasteiger partial charge in [-0.15, -0.1) is 0 Å². The van der Waals surface area contributed by atoms with Gasteiger partial charge >= 0.3 is 5.69 Å². The standard InChI is InChI=1S/C16H13BrN4O3/c17-10-3-1-9(2-4-10)15(23)18-8-14(22)19-11-5-6-12-13(7-11)21-16(24)20-12/h1-7H,8H2,(H,18,23)(H,19,22)(H2,20,21,24). The lowest BCUT2D eigenvalue weighted by Gasteiger charge is -2.07. The Hall–Kier alpha value is -2.87. The monoisotopic (exact) mass is 388 g/mol. The fraction of sp³-hybridized carbons (Fsp3) is 0.0625. The van der Waals surface area contributed by atoms with E-state index in [1.807, 2.05) is 0 Å². The molecule has 3 rings (SSSR count). The zero-order chi connectivity index (χ0) is 17.1. The van der Waals surface area contributed by atoms with Crippen molar-refractivity contribution in [2.45, 2.75) is 0 Å². The Bertz CT molecular complexity index is 959. The molecule has 2 aromatic carbocycles. The first kappa shape index (κ1) is 16.0. The molecule has 0 aliphatic rings. The van der Waals surface area contributed by atoms with Crippen molar-refractivity contribution in [1.82, 2.24) is 15.3 Å². The Morgan fingerprint density at radius 2 is 1.71 bits per heavy atom. The Labute approximate surface area is 144 Å². The predicted octanol–water partition coefficient (Wildman–Crippen LogP) is 1.99. The molecule has 122 valence electrons. The first-order valence-electron chi connectivity index (χ1n) is 7.07. The van der Waals surface area contributed by atoms with Gasteiger partial charge in [0.1, 0.15) is 0 Å². The lowest BCUT2D eigenvalue weighted by molar-refractivity contribution is -0.115. The van der Waals surface area contributed by atoms with Crippen molar-refractivity contribution in [1.29, 1.82) is 0 Å². The van der Waals surface area contributed by atoms with Gasteiger partial charge in [0.05, 0.1) is 17.6 Å². The topological polar surface area (TPSA) is 107 Å². The van der Waals surface area contributed by atoms with Crippen molar-refractivity contribution < 1.29 is 9.59 Å². The number of halogens is 1.